The molecule has 1 aliphatic heterocycles. The van der Waals surface area contributed by atoms with E-state index >= 15 is 0 Å². The van der Waals surface area contributed by atoms with Gasteiger partial charge in [-0.25, -0.2) is 4.68 Å². The summed E-state index contributed by atoms with van der Waals surface area (Å²) in [6.07, 6.45) is 1.03. The van der Waals surface area contributed by atoms with Crippen molar-refractivity contribution in [1.29, 1.82) is 0 Å². The van der Waals surface area contributed by atoms with Crippen LogP contribution in [0.25, 0.3) is 0 Å². The SMILES string of the molecule is CC(C)(N)c1ccc(C2NC(=O)c3cccn3N2OC=O)cc1. The summed E-state index contributed by atoms with van der Waals surface area (Å²) in [4.78, 5) is 28.1. The number of hydrogen-bond donors (Lipinski definition) is 2. The van der Waals surface area contributed by atoms with E-state index in [1.165, 1.54) is 9.85 Å². The molecule has 23 heavy (non-hydrogen) atoms. The highest BCUT2D eigenvalue weighted by Crippen LogP contribution is 2.25. The maximum atomic E-state index is 12.2. The van der Waals surface area contributed by atoms with Gasteiger partial charge in [-0.1, -0.05) is 24.3 Å². The van der Waals surface area contributed by atoms with E-state index in [0.29, 0.717) is 12.2 Å². The smallest absolute Gasteiger partial charge is 0.322 e. The fourth-order valence-corrected chi connectivity index (χ4v) is 2.56. The molecule has 1 aromatic carbocycles. The van der Waals surface area contributed by atoms with Crippen molar-refractivity contribution in [2.45, 2.75) is 25.6 Å². The van der Waals surface area contributed by atoms with Crippen LogP contribution in [0.15, 0.2) is 42.6 Å². The molecule has 3 rings (SSSR count). The molecule has 7 heteroatoms. The molecule has 1 aliphatic rings. The van der Waals surface area contributed by atoms with Crippen LogP contribution in [-0.2, 0) is 15.2 Å². The van der Waals surface area contributed by atoms with Gasteiger partial charge in [0.1, 0.15) is 5.69 Å². The van der Waals surface area contributed by atoms with Gasteiger partial charge in [-0.15, -0.1) is 5.17 Å². The Kier molecular flexibility index (Phi) is 3.57. The Bertz CT molecular complexity index is 731. The number of hydrogen-bond acceptors (Lipinski definition) is 5. The number of fused-ring (bicyclic) bond motifs is 1. The Morgan fingerprint density at radius 2 is 1.96 bits per heavy atom. The van der Waals surface area contributed by atoms with E-state index in [1.54, 1.807) is 18.3 Å². The first-order valence-electron chi connectivity index (χ1n) is 7.19. The number of rotatable bonds is 4. The summed E-state index contributed by atoms with van der Waals surface area (Å²) < 4.78 is 1.50. The molecule has 2 heterocycles. The van der Waals surface area contributed by atoms with Gasteiger partial charge < -0.3 is 15.9 Å². The average molecular weight is 314 g/mol. The minimum atomic E-state index is -0.623. The number of nitrogens with one attached hydrogen (secondary N) is 1. The molecule has 2 aromatic rings. The van der Waals surface area contributed by atoms with Crippen LogP contribution in [0.2, 0.25) is 0 Å². The fraction of sp³-hybridized carbons (Fsp3) is 0.250. The van der Waals surface area contributed by atoms with E-state index in [1.807, 2.05) is 38.1 Å². The van der Waals surface area contributed by atoms with Crippen molar-refractivity contribution in [2.75, 3.05) is 5.17 Å². The van der Waals surface area contributed by atoms with E-state index in [0.717, 1.165) is 11.1 Å². The van der Waals surface area contributed by atoms with Crippen LogP contribution in [0.4, 0.5) is 0 Å². The first-order chi connectivity index (χ1) is 10.9. The lowest BCUT2D eigenvalue weighted by Gasteiger charge is -2.36. The number of nitrogens with two attached hydrogens (primary N) is 1. The first kappa shape index (κ1) is 15.1. The van der Waals surface area contributed by atoms with Crippen LogP contribution >= 0.6 is 0 Å². The number of carbonyl (C=O) groups is 2. The molecular formula is C16H18N4O3. The maximum absolute atomic E-state index is 12.2. The van der Waals surface area contributed by atoms with E-state index < -0.39 is 11.7 Å². The highest BCUT2D eigenvalue weighted by molar-refractivity contribution is 5.94. The van der Waals surface area contributed by atoms with E-state index in [-0.39, 0.29) is 5.91 Å². The molecule has 0 radical (unpaired) electrons. The Morgan fingerprint density at radius 1 is 1.26 bits per heavy atom. The highest BCUT2D eigenvalue weighted by atomic mass is 16.7. The van der Waals surface area contributed by atoms with Gasteiger partial charge in [0.05, 0.1) is 0 Å². The van der Waals surface area contributed by atoms with E-state index in [4.69, 9.17) is 10.6 Å². The molecule has 0 spiro atoms. The molecule has 0 bridgehead atoms. The lowest BCUT2D eigenvalue weighted by atomic mass is 9.94. The van der Waals surface area contributed by atoms with Crippen LogP contribution in [0.5, 0.6) is 0 Å². The van der Waals surface area contributed by atoms with Crippen molar-refractivity contribution in [3.8, 4) is 0 Å². The van der Waals surface area contributed by atoms with Crippen LogP contribution in [0, 0.1) is 0 Å². The number of amides is 1. The van der Waals surface area contributed by atoms with Crippen LogP contribution in [0.1, 0.15) is 41.6 Å². The van der Waals surface area contributed by atoms with Crippen molar-refractivity contribution in [1.82, 2.24) is 9.99 Å². The molecule has 1 amide bonds. The molecule has 3 N–H and O–H groups in total. The Hall–Kier alpha value is -2.80. The summed E-state index contributed by atoms with van der Waals surface area (Å²) in [7, 11) is 0. The third-order valence-corrected chi connectivity index (χ3v) is 3.78. The minimum absolute atomic E-state index is 0.242. The monoisotopic (exact) mass is 314 g/mol. The Labute approximate surface area is 133 Å². The second-order valence-corrected chi connectivity index (χ2v) is 5.96. The zero-order chi connectivity index (χ0) is 16.6. The van der Waals surface area contributed by atoms with Gasteiger partial charge in [0, 0.05) is 11.7 Å². The number of carbonyl (C=O) groups excluding carboxylic acids is 2. The molecule has 1 atom stereocenters. The first-order valence-corrected chi connectivity index (χ1v) is 7.19. The lowest BCUT2D eigenvalue weighted by molar-refractivity contribution is -0.135. The van der Waals surface area contributed by atoms with Crippen molar-refractivity contribution >= 4 is 12.4 Å². The maximum Gasteiger partial charge on any atom is 0.322 e. The number of hydroxylamine groups is 1. The standard InChI is InChI=1S/C16H18N4O3/c1-16(2,17)12-7-5-11(6-8-12)14-18-15(22)13-4-3-9-19(13)20(14)23-10-21/h3-10,14H,17H2,1-2H3,(H,18,22). The highest BCUT2D eigenvalue weighted by Gasteiger charge is 2.33. The third-order valence-electron chi connectivity index (χ3n) is 3.78. The van der Waals surface area contributed by atoms with Gasteiger partial charge in [-0.05, 0) is 37.1 Å². The third kappa shape index (κ3) is 2.66. The molecule has 1 aromatic heterocycles. The molecular weight excluding hydrogens is 296 g/mol. The summed E-state index contributed by atoms with van der Waals surface area (Å²) in [5.41, 5.74) is 7.75. The predicted octanol–water partition coefficient (Wildman–Crippen LogP) is 1.15. The van der Waals surface area contributed by atoms with Gasteiger partial charge in [-0.3, -0.25) is 9.59 Å². The molecule has 0 saturated carbocycles. The molecule has 120 valence electrons. The molecule has 1 unspecified atom stereocenters. The van der Waals surface area contributed by atoms with Crippen LogP contribution in [-0.4, -0.2) is 17.1 Å². The summed E-state index contributed by atoms with van der Waals surface area (Å²) >= 11 is 0. The quantitative estimate of drug-likeness (QED) is 0.826. The predicted molar refractivity (Wildman–Crippen MR) is 83.7 cm³/mol. The van der Waals surface area contributed by atoms with Crippen molar-refractivity contribution < 1.29 is 14.4 Å². The summed E-state index contributed by atoms with van der Waals surface area (Å²) in [6.45, 7) is 4.15. The second kappa shape index (κ2) is 5.44. The molecule has 0 saturated heterocycles. The zero-order valence-corrected chi connectivity index (χ0v) is 12.9. The zero-order valence-electron chi connectivity index (χ0n) is 12.9. The summed E-state index contributed by atoms with van der Waals surface area (Å²) in [5.74, 6) is -0.242. The van der Waals surface area contributed by atoms with Gasteiger partial charge in [0.15, 0.2) is 6.17 Å². The number of benzene rings is 1. The van der Waals surface area contributed by atoms with Gasteiger partial charge >= 0.3 is 6.47 Å². The lowest BCUT2D eigenvalue weighted by Crippen LogP contribution is -2.52. The average Bonchev–Trinajstić information content (AvgIpc) is 2.99. The normalized spacial score (nSPS) is 17.4. The Balaban J connectivity index is 1.98. The van der Waals surface area contributed by atoms with Gasteiger partial charge in [0.25, 0.3) is 5.91 Å². The second-order valence-electron chi connectivity index (χ2n) is 5.96. The molecule has 7 nitrogen and oxygen atoms in total. The van der Waals surface area contributed by atoms with Gasteiger partial charge in [0.2, 0.25) is 0 Å². The fourth-order valence-electron chi connectivity index (χ4n) is 2.56. The van der Waals surface area contributed by atoms with E-state index in [9.17, 15) is 9.59 Å². The topological polar surface area (TPSA) is 89.6 Å². The van der Waals surface area contributed by atoms with Crippen molar-refractivity contribution in [2.24, 2.45) is 5.73 Å². The van der Waals surface area contributed by atoms with Crippen molar-refractivity contribution in [3.05, 3.63) is 59.4 Å². The summed E-state index contributed by atoms with van der Waals surface area (Å²) in [5, 5.41) is 4.13. The van der Waals surface area contributed by atoms with E-state index in [2.05, 4.69) is 5.32 Å². The minimum Gasteiger partial charge on any atom is -0.326 e. The van der Waals surface area contributed by atoms with Crippen molar-refractivity contribution in [3.63, 3.8) is 0 Å². The van der Waals surface area contributed by atoms with Gasteiger partial charge in [-0.2, -0.15) is 0 Å². The largest absolute Gasteiger partial charge is 0.326 e. The molecule has 0 aliphatic carbocycles. The Morgan fingerprint density at radius 3 is 2.57 bits per heavy atom. The number of aromatic nitrogens is 1. The van der Waals surface area contributed by atoms with Crippen LogP contribution in [0.3, 0.4) is 0 Å². The van der Waals surface area contributed by atoms with Crippen LogP contribution < -0.4 is 16.2 Å². The molecule has 0 fully saturated rings. The number of nitrogens with zero attached hydrogens (tertiary/aromatic N) is 2. The summed E-state index contributed by atoms with van der Waals surface area (Å²) in [6, 6.07) is 10.8.